The number of aliphatic hydroxyl groups excluding tert-OH is 1. The van der Waals surface area contributed by atoms with Gasteiger partial charge >= 0.3 is 0 Å². The van der Waals surface area contributed by atoms with Crippen molar-refractivity contribution in [2.75, 3.05) is 33.3 Å². The van der Waals surface area contributed by atoms with Gasteiger partial charge in [-0.1, -0.05) is 0 Å². The maximum Gasteiger partial charge on any atom is 0.219 e. The molecule has 4 heteroatoms. The number of carbonyl (C=O) groups is 1. The van der Waals surface area contributed by atoms with Gasteiger partial charge in [-0.2, -0.15) is 0 Å². The van der Waals surface area contributed by atoms with E-state index in [2.05, 4.69) is 5.32 Å². The van der Waals surface area contributed by atoms with Crippen LogP contribution in [0.25, 0.3) is 0 Å². The lowest BCUT2D eigenvalue weighted by Gasteiger charge is -2.19. The van der Waals surface area contributed by atoms with E-state index in [1.807, 2.05) is 7.05 Å². The van der Waals surface area contributed by atoms with E-state index in [0.29, 0.717) is 13.1 Å². The van der Waals surface area contributed by atoms with Crippen molar-refractivity contribution < 1.29 is 9.90 Å². The molecule has 0 aliphatic heterocycles. The largest absolute Gasteiger partial charge is 0.395 e. The Balaban J connectivity index is 3.60. The molecule has 2 N–H and O–H groups in total. The average Bonchev–Trinajstić information content (AvgIpc) is 1.97. The highest BCUT2D eigenvalue weighted by Crippen LogP contribution is 1.86. The Morgan fingerprint density at radius 2 is 2.18 bits per heavy atom. The maximum atomic E-state index is 10.8. The minimum atomic E-state index is 0.00861. The number of nitrogens with one attached hydrogen (secondary N) is 1. The molecule has 0 heterocycles. The first kappa shape index (κ1) is 10.4. The van der Waals surface area contributed by atoms with Crippen molar-refractivity contribution in [3.63, 3.8) is 0 Å². The van der Waals surface area contributed by atoms with Gasteiger partial charge in [0.2, 0.25) is 5.91 Å². The molecule has 66 valence electrons. The zero-order valence-electron chi connectivity index (χ0n) is 7.13. The third-order valence-electron chi connectivity index (χ3n) is 1.45. The second-order valence-electron chi connectivity index (χ2n) is 2.33. The number of carbonyl (C=O) groups excluding carboxylic acids is 1. The minimum Gasteiger partial charge on any atom is -0.395 e. The highest BCUT2D eigenvalue weighted by Gasteiger charge is 2.05. The van der Waals surface area contributed by atoms with E-state index in [1.165, 1.54) is 6.92 Å². The van der Waals surface area contributed by atoms with E-state index in [1.54, 1.807) is 4.90 Å². The van der Waals surface area contributed by atoms with Crippen molar-refractivity contribution in [2.45, 2.75) is 6.92 Å². The van der Waals surface area contributed by atoms with Crippen LogP contribution in [0.4, 0.5) is 0 Å². The van der Waals surface area contributed by atoms with Gasteiger partial charge in [0.15, 0.2) is 0 Å². The molecule has 1 amide bonds. The fourth-order valence-electron chi connectivity index (χ4n) is 0.794. The number of hydrogen-bond donors (Lipinski definition) is 2. The summed E-state index contributed by atoms with van der Waals surface area (Å²) in [4.78, 5) is 12.4. The Morgan fingerprint density at radius 1 is 1.55 bits per heavy atom. The minimum absolute atomic E-state index is 0.00861. The molecule has 0 aromatic carbocycles. The van der Waals surface area contributed by atoms with Crippen molar-refractivity contribution in [2.24, 2.45) is 0 Å². The topological polar surface area (TPSA) is 52.6 Å². The number of hydrogen-bond acceptors (Lipinski definition) is 3. The molecule has 11 heavy (non-hydrogen) atoms. The second kappa shape index (κ2) is 6.12. The van der Waals surface area contributed by atoms with Crippen LogP contribution in [0, 0.1) is 0 Å². The molecule has 0 spiro atoms. The van der Waals surface area contributed by atoms with Crippen LogP contribution < -0.4 is 5.32 Å². The Hall–Kier alpha value is -0.610. The number of likely N-dealkylation sites (N-methyl/N-ethyl adjacent to an activating group) is 1. The van der Waals surface area contributed by atoms with Gasteiger partial charge in [0.1, 0.15) is 0 Å². The Labute approximate surface area is 67.2 Å². The lowest BCUT2D eigenvalue weighted by Crippen LogP contribution is -2.36. The molecule has 0 atom stereocenters. The summed E-state index contributed by atoms with van der Waals surface area (Å²) in [5, 5.41) is 11.5. The van der Waals surface area contributed by atoms with Gasteiger partial charge in [0.05, 0.1) is 6.61 Å². The first-order valence-corrected chi connectivity index (χ1v) is 3.73. The van der Waals surface area contributed by atoms with Crippen LogP contribution in [0.3, 0.4) is 0 Å². The third kappa shape index (κ3) is 4.75. The number of rotatable bonds is 5. The van der Waals surface area contributed by atoms with Crippen LogP contribution in [0.15, 0.2) is 0 Å². The molecule has 0 aliphatic carbocycles. The molecule has 0 bridgehead atoms. The summed E-state index contributed by atoms with van der Waals surface area (Å²) in [6, 6.07) is 0. The first-order chi connectivity index (χ1) is 5.22. The predicted octanol–water partition coefficient (Wildman–Crippen LogP) is -0.953. The lowest BCUT2D eigenvalue weighted by atomic mass is 10.4. The molecular weight excluding hydrogens is 144 g/mol. The van der Waals surface area contributed by atoms with Crippen molar-refractivity contribution in [1.82, 2.24) is 10.2 Å². The second-order valence-corrected chi connectivity index (χ2v) is 2.33. The quantitative estimate of drug-likeness (QED) is 0.545. The highest BCUT2D eigenvalue weighted by molar-refractivity contribution is 5.73. The summed E-state index contributed by atoms with van der Waals surface area (Å²) in [5.74, 6) is 0.00861. The molecule has 0 saturated heterocycles. The summed E-state index contributed by atoms with van der Waals surface area (Å²) in [6.07, 6.45) is 0. The van der Waals surface area contributed by atoms with E-state index in [0.717, 1.165) is 6.54 Å². The summed E-state index contributed by atoms with van der Waals surface area (Å²) < 4.78 is 0. The molecule has 0 aromatic rings. The van der Waals surface area contributed by atoms with Crippen LogP contribution in [-0.4, -0.2) is 49.2 Å². The number of amides is 1. The van der Waals surface area contributed by atoms with E-state index < -0.39 is 0 Å². The number of aliphatic hydroxyl groups is 1. The third-order valence-corrected chi connectivity index (χ3v) is 1.45. The maximum absolute atomic E-state index is 10.8. The van der Waals surface area contributed by atoms with Crippen LogP contribution in [0.2, 0.25) is 0 Å². The smallest absolute Gasteiger partial charge is 0.219 e. The van der Waals surface area contributed by atoms with Crippen molar-refractivity contribution in [3.05, 3.63) is 0 Å². The molecule has 4 nitrogen and oxygen atoms in total. The van der Waals surface area contributed by atoms with Gasteiger partial charge in [-0.05, 0) is 7.05 Å². The molecule has 0 rings (SSSR count). The van der Waals surface area contributed by atoms with Crippen LogP contribution in [0.5, 0.6) is 0 Å². The Bertz CT molecular complexity index is 117. The van der Waals surface area contributed by atoms with E-state index in [9.17, 15) is 4.79 Å². The monoisotopic (exact) mass is 160 g/mol. The zero-order chi connectivity index (χ0) is 8.69. The Morgan fingerprint density at radius 3 is 2.55 bits per heavy atom. The van der Waals surface area contributed by atoms with Crippen molar-refractivity contribution in [1.29, 1.82) is 0 Å². The van der Waals surface area contributed by atoms with E-state index in [4.69, 9.17) is 5.11 Å². The average molecular weight is 160 g/mol. The van der Waals surface area contributed by atoms with Gasteiger partial charge in [-0.25, -0.2) is 0 Å². The predicted molar refractivity (Wildman–Crippen MR) is 43.3 cm³/mol. The van der Waals surface area contributed by atoms with Gasteiger partial charge < -0.3 is 15.3 Å². The summed E-state index contributed by atoms with van der Waals surface area (Å²) in [6.45, 7) is 3.39. The zero-order valence-corrected chi connectivity index (χ0v) is 7.13. The SMILES string of the molecule is CNCCN(CCO)C(C)=O. The fourth-order valence-corrected chi connectivity index (χ4v) is 0.794. The normalized spacial score (nSPS) is 9.73. The standard InChI is InChI=1S/C7H16N2O2/c1-7(11)9(5-6-10)4-3-8-2/h8,10H,3-6H2,1-2H3. The lowest BCUT2D eigenvalue weighted by molar-refractivity contribution is -0.129. The highest BCUT2D eigenvalue weighted by atomic mass is 16.3. The molecular formula is C7H16N2O2. The molecule has 0 radical (unpaired) electrons. The Kier molecular flexibility index (Phi) is 5.78. The molecule has 0 aromatic heterocycles. The molecule has 0 saturated carbocycles. The molecule has 0 unspecified atom stereocenters. The van der Waals surface area contributed by atoms with Gasteiger partial charge in [0.25, 0.3) is 0 Å². The van der Waals surface area contributed by atoms with Crippen LogP contribution >= 0.6 is 0 Å². The van der Waals surface area contributed by atoms with E-state index >= 15 is 0 Å². The summed E-state index contributed by atoms with van der Waals surface area (Å²) in [7, 11) is 1.83. The van der Waals surface area contributed by atoms with Crippen molar-refractivity contribution in [3.8, 4) is 0 Å². The van der Waals surface area contributed by atoms with Crippen LogP contribution in [0.1, 0.15) is 6.92 Å². The fraction of sp³-hybridized carbons (Fsp3) is 0.857. The van der Waals surface area contributed by atoms with Crippen LogP contribution in [-0.2, 0) is 4.79 Å². The summed E-state index contributed by atoms with van der Waals surface area (Å²) in [5.41, 5.74) is 0. The number of nitrogens with zero attached hydrogens (tertiary/aromatic N) is 1. The van der Waals surface area contributed by atoms with Gasteiger partial charge in [-0.3, -0.25) is 4.79 Å². The van der Waals surface area contributed by atoms with Gasteiger partial charge in [-0.15, -0.1) is 0 Å². The van der Waals surface area contributed by atoms with Gasteiger partial charge in [0, 0.05) is 26.6 Å². The van der Waals surface area contributed by atoms with Crippen molar-refractivity contribution >= 4 is 5.91 Å². The first-order valence-electron chi connectivity index (χ1n) is 3.73. The molecule has 0 fully saturated rings. The molecule has 0 aliphatic rings. The van der Waals surface area contributed by atoms with E-state index in [-0.39, 0.29) is 12.5 Å². The summed E-state index contributed by atoms with van der Waals surface area (Å²) >= 11 is 0.